The summed E-state index contributed by atoms with van der Waals surface area (Å²) in [4.78, 5) is 25.2. The fraction of sp³-hybridized carbons (Fsp3) is 0.333. The van der Waals surface area contributed by atoms with Gasteiger partial charge in [-0.3, -0.25) is 9.59 Å². The number of amides is 1. The van der Waals surface area contributed by atoms with Gasteiger partial charge in [0.2, 0.25) is 5.09 Å². The number of nitrogens with zero attached hydrogens (tertiary/aromatic N) is 2. The molecule has 27 heavy (non-hydrogen) atoms. The summed E-state index contributed by atoms with van der Waals surface area (Å²) in [6.45, 7) is 1.15. The molecule has 1 amide bonds. The van der Waals surface area contributed by atoms with Crippen LogP contribution < -0.4 is 0 Å². The molecular weight excluding hydrogens is 372 g/mol. The van der Waals surface area contributed by atoms with Crippen molar-refractivity contribution in [2.45, 2.75) is 18.4 Å². The van der Waals surface area contributed by atoms with E-state index in [1.165, 1.54) is 25.9 Å². The molecule has 8 nitrogen and oxygen atoms in total. The molecule has 1 aromatic heterocycles. The molecule has 0 unspecified atom stereocenters. The molecule has 2 rings (SSSR count). The maximum absolute atomic E-state index is 12.8. The summed E-state index contributed by atoms with van der Waals surface area (Å²) in [6, 6.07) is 10.5. The number of hydrogen-bond acceptors (Lipinski definition) is 5. The van der Waals surface area contributed by atoms with Crippen molar-refractivity contribution < 1.29 is 27.5 Å². The van der Waals surface area contributed by atoms with Crippen molar-refractivity contribution in [1.82, 2.24) is 9.21 Å². The summed E-state index contributed by atoms with van der Waals surface area (Å²) in [6.07, 6.45) is 0.472. The van der Waals surface area contributed by atoms with Gasteiger partial charge in [0.1, 0.15) is 12.3 Å². The number of carboxylic acids is 1. The first-order valence-electron chi connectivity index (χ1n) is 8.21. The third kappa shape index (κ3) is 4.95. The SMILES string of the molecule is Cc1oc(S(=O)(=O)N(C)C)cc1C(=O)N(CCc1ccccc1)CC(=O)O. The third-order valence-electron chi connectivity index (χ3n) is 3.99. The summed E-state index contributed by atoms with van der Waals surface area (Å²) in [5, 5.41) is 8.78. The second kappa shape index (κ2) is 8.36. The summed E-state index contributed by atoms with van der Waals surface area (Å²) in [5.41, 5.74) is 0.991. The van der Waals surface area contributed by atoms with Gasteiger partial charge >= 0.3 is 5.97 Å². The van der Waals surface area contributed by atoms with E-state index in [0.717, 1.165) is 15.9 Å². The highest BCUT2D eigenvalue weighted by molar-refractivity contribution is 7.88. The molecular formula is C18H22N2O6S. The smallest absolute Gasteiger partial charge is 0.323 e. The summed E-state index contributed by atoms with van der Waals surface area (Å²) in [7, 11) is -1.13. The topological polar surface area (TPSA) is 108 Å². The number of aryl methyl sites for hydroxylation is 1. The average molecular weight is 394 g/mol. The number of carboxylic acid groups (broad SMARTS) is 1. The minimum atomic E-state index is -3.84. The van der Waals surface area contributed by atoms with Gasteiger partial charge < -0.3 is 14.4 Å². The monoisotopic (exact) mass is 394 g/mol. The molecule has 0 saturated heterocycles. The van der Waals surface area contributed by atoms with Crippen molar-refractivity contribution in [3.05, 3.63) is 53.3 Å². The van der Waals surface area contributed by atoms with Crippen molar-refractivity contribution in [1.29, 1.82) is 0 Å². The van der Waals surface area contributed by atoms with E-state index in [0.29, 0.717) is 6.42 Å². The van der Waals surface area contributed by atoms with Crippen LogP contribution in [-0.2, 0) is 21.2 Å². The van der Waals surface area contributed by atoms with E-state index in [2.05, 4.69) is 0 Å². The Labute approximate surface area is 158 Å². The second-order valence-corrected chi connectivity index (χ2v) is 8.26. The highest BCUT2D eigenvalue weighted by Gasteiger charge is 2.28. The van der Waals surface area contributed by atoms with E-state index >= 15 is 0 Å². The largest absolute Gasteiger partial charge is 0.480 e. The van der Waals surface area contributed by atoms with Crippen molar-refractivity contribution in [3.8, 4) is 0 Å². The number of sulfonamides is 1. The molecule has 1 N–H and O–H groups in total. The molecule has 1 aromatic carbocycles. The molecule has 9 heteroatoms. The van der Waals surface area contributed by atoms with E-state index in [1.807, 2.05) is 30.3 Å². The van der Waals surface area contributed by atoms with E-state index < -0.39 is 28.4 Å². The Morgan fingerprint density at radius 3 is 2.33 bits per heavy atom. The predicted molar refractivity (Wildman–Crippen MR) is 98.0 cm³/mol. The predicted octanol–water partition coefficient (Wildman–Crippen LogP) is 1.61. The van der Waals surface area contributed by atoms with Crippen LogP contribution in [-0.4, -0.2) is 61.8 Å². The minimum absolute atomic E-state index is 0.0322. The van der Waals surface area contributed by atoms with Crippen LogP contribution >= 0.6 is 0 Å². The van der Waals surface area contributed by atoms with E-state index in [9.17, 15) is 18.0 Å². The number of carbonyl (C=O) groups excluding carboxylic acids is 1. The maximum Gasteiger partial charge on any atom is 0.323 e. The summed E-state index contributed by atoms with van der Waals surface area (Å²) < 4.78 is 30.6. The molecule has 0 atom stereocenters. The van der Waals surface area contributed by atoms with Gasteiger partial charge in [0, 0.05) is 26.7 Å². The Hall–Kier alpha value is -2.65. The molecule has 0 saturated carbocycles. The van der Waals surface area contributed by atoms with Crippen LogP contribution in [0.4, 0.5) is 0 Å². The van der Waals surface area contributed by atoms with E-state index in [4.69, 9.17) is 9.52 Å². The normalized spacial score (nSPS) is 11.6. The van der Waals surface area contributed by atoms with Gasteiger partial charge in [-0.15, -0.1) is 0 Å². The highest BCUT2D eigenvalue weighted by atomic mass is 32.2. The first-order valence-corrected chi connectivity index (χ1v) is 9.65. The van der Waals surface area contributed by atoms with Crippen molar-refractivity contribution in [2.75, 3.05) is 27.2 Å². The minimum Gasteiger partial charge on any atom is -0.480 e. The molecule has 0 aliphatic heterocycles. The van der Waals surface area contributed by atoms with Crippen LogP contribution in [0.2, 0.25) is 0 Å². The molecule has 0 spiro atoms. The number of aliphatic carboxylic acids is 1. The first kappa shape index (κ1) is 20.7. The van der Waals surface area contributed by atoms with Gasteiger partial charge in [-0.05, 0) is 18.9 Å². The number of rotatable bonds is 8. The van der Waals surface area contributed by atoms with Gasteiger partial charge in [0.15, 0.2) is 0 Å². The van der Waals surface area contributed by atoms with Gasteiger partial charge in [-0.25, -0.2) is 12.7 Å². The fourth-order valence-electron chi connectivity index (χ4n) is 2.47. The van der Waals surface area contributed by atoms with Crippen LogP contribution in [0, 0.1) is 6.92 Å². The number of furan rings is 1. The lowest BCUT2D eigenvalue weighted by atomic mass is 10.1. The molecule has 0 bridgehead atoms. The van der Waals surface area contributed by atoms with Gasteiger partial charge in [0.25, 0.3) is 15.9 Å². The zero-order valence-electron chi connectivity index (χ0n) is 15.4. The van der Waals surface area contributed by atoms with Gasteiger partial charge in [-0.2, -0.15) is 0 Å². The van der Waals surface area contributed by atoms with E-state index in [1.54, 1.807) is 0 Å². The van der Waals surface area contributed by atoms with Crippen LogP contribution in [0.1, 0.15) is 21.7 Å². The Balaban J connectivity index is 2.27. The highest BCUT2D eigenvalue weighted by Crippen LogP contribution is 2.22. The lowest BCUT2D eigenvalue weighted by Gasteiger charge is -2.20. The standard InChI is InChI=1S/C18H22N2O6S/c1-13-15(11-17(26-13)27(24,25)19(2)3)18(23)20(12-16(21)22)10-9-14-7-5-4-6-8-14/h4-8,11H,9-10,12H2,1-3H3,(H,21,22). The van der Waals surface area contributed by atoms with Crippen LogP contribution in [0.15, 0.2) is 45.9 Å². The van der Waals surface area contributed by atoms with Gasteiger partial charge in [0.05, 0.1) is 5.56 Å². The van der Waals surface area contributed by atoms with Crippen molar-refractivity contribution >= 4 is 21.9 Å². The lowest BCUT2D eigenvalue weighted by Crippen LogP contribution is -2.37. The summed E-state index contributed by atoms with van der Waals surface area (Å²) in [5.74, 6) is -1.62. The third-order valence-corrected chi connectivity index (χ3v) is 5.66. The Kier molecular flexibility index (Phi) is 6.40. The molecule has 0 aliphatic carbocycles. The van der Waals surface area contributed by atoms with Crippen LogP contribution in [0.25, 0.3) is 0 Å². The Morgan fingerprint density at radius 1 is 1.15 bits per heavy atom. The number of carbonyl (C=O) groups is 2. The number of benzene rings is 1. The summed E-state index contributed by atoms with van der Waals surface area (Å²) >= 11 is 0. The van der Waals surface area contributed by atoms with Gasteiger partial charge in [-0.1, -0.05) is 30.3 Å². The molecule has 0 fully saturated rings. The quantitative estimate of drug-likeness (QED) is 0.729. The van der Waals surface area contributed by atoms with Crippen molar-refractivity contribution in [2.24, 2.45) is 0 Å². The number of hydrogen-bond donors (Lipinski definition) is 1. The zero-order chi connectivity index (χ0) is 20.2. The fourth-order valence-corrected chi connectivity index (χ4v) is 3.33. The van der Waals surface area contributed by atoms with Crippen LogP contribution in [0.3, 0.4) is 0 Å². The molecule has 0 radical (unpaired) electrons. The lowest BCUT2D eigenvalue weighted by molar-refractivity contribution is -0.137. The second-order valence-electron chi connectivity index (χ2n) is 6.18. The average Bonchev–Trinajstić information content (AvgIpc) is 3.01. The first-order chi connectivity index (χ1) is 12.6. The molecule has 1 heterocycles. The zero-order valence-corrected chi connectivity index (χ0v) is 16.2. The molecule has 0 aliphatic rings. The van der Waals surface area contributed by atoms with E-state index in [-0.39, 0.29) is 23.0 Å². The molecule has 146 valence electrons. The maximum atomic E-state index is 12.8. The van der Waals surface area contributed by atoms with Crippen LogP contribution in [0.5, 0.6) is 0 Å². The molecule has 2 aromatic rings. The Morgan fingerprint density at radius 2 is 1.78 bits per heavy atom. The Bertz CT molecular complexity index is 919. The van der Waals surface area contributed by atoms with Crippen molar-refractivity contribution in [3.63, 3.8) is 0 Å².